The van der Waals surface area contributed by atoms with Crippen LogP contribution in [0.15, 0.2) is 0 Å². The van der Waals surface area contributed by atoms with Crippen molar-refractivity contribution in [3.8, 4) is 0 Å². The number of hydrogen-bond acceptors (Lipinski definition) is 8. The summed E-state index contributed by atoms with van der Waals surface area (Å²) in [5, 5.41) is 6.42. The van der Waals surface area contributed by atoms with E-state index in [-0.39, 0.29) is 25.3 Å². The Hall–Kier alpha value is -1.22. The molecule has 4 aliphatic heterocycles. The molecule has 0 saturated carbocycles. The van der Waals surface area contributed by atoms with Gasteiger partial charge in [-0.1, -0.05) is 0 Å². The number of carbonyl (C=O) groups is 2. The van der Waals surface area contributed by atoms with Gasteiger partial charge in [-0.15, -0.1) is 0 Å². The molecule has 4 atom stereocenters. The third-order valence-corrected chi connectivity index (χ3v) is 4.78. The highest BCUT2D eigenvalue weighted by Crippen LogP contribution is 2.31. The van der Waals surface area contributed by atoms with Crippen molar-refractivity contribution in [3.63, 3.8) is 0 Å². The normalized spacial score (nSPS) is 42.9. The molecule has 122 valence electrons. The van der Waals surface area contributed by atoms with Gasteiger partial charge >= 0.3 is 11.9 Å². The van der Waals surface area contributed by atoms with Crippen LogP contribution < -0.4 is 10.6 Å². The lowest BCUT2D eigenvalue weighted by Gasteiger charge is -2.35. The van der Waals surface area contributed by atoms with Gasteiger partial charge in [-0.05, 0) is 12.8 Å². The monoisotopic (exact) mass is 312 g/mol. The molecule has 0 aromatic carbocycles. The minimum Gasteiger partial charge on any atom is -0.433 e. The predicted molar refractivity (Wildman–Crippen MR) is 71.6 cm³/mol. The van der Waals surface area contributed by atoms with Crippen LogP contribution in [0, 0.1) is 0 Å². The third kappa shape index (κ3) is 2.50. The molecule has 0 aromatic rings. The first-order valence-corrected chi connectivity index (χ1v) is 7.75. The Balaban J connectivity index is 1.37. The summed E-state index contributed by atoms with van der Waals surface area (Å²) in [6.45, 7) is 1.74. The van der Waals surface area contributed by atoms with Crippen LogP contribution in [0.25, 0.3) is 0 Å². The number of nitrogens with one attached hydrogen (secondary N) is 2. The van der Waals surface area contributed by atoms with Crippen molar-refractivity contribution in [3.05, 3.63) is 0 Å². The minimum atomic E-state index is -0.983. The largest absolute Gasteiger partial charge is 0.433 e. The summed E-state index contributed by atoms with van der Waals surface area (Å²) in [6.07, 6.45) is 3.02. The van der Waals surface area contributed by atoms with Crippen LogP contribution in [0.5, 0.6) is 0 Å². The fourth-order valence-corrected chi connectivity index (χ4v) is 3.72. The van der Waals surface area contributed by atoms with Gasteiger partial charge < -0.3 is 18.9 Å². The Kier molecular flexibility index (Phi) is 3.37. The maximum Gasteiger partial charge on any atom is 0.419 e. The van der Waals surface area contributed by atoms with E-state index in [1.165, 1.54) is 0 Å². The van der Waals surface area contributed by atoms with E-state index in [0.717, 1.165) is 12.8 Å². The first kappa shape index (κ1) is 14.4. The lowest BCUT2D eigenvalue weighted by Crippen LogP contribution is -2.58. The summed E-state index contributed by atoms with van der Waals surface area (Å²) in [5.41, 5.74) is -1.77. The van der Waals surface area contributed by atoms with Crippen LogP contribution in [0.4, 0.5) is 0 Å². The molecule has 4 aliphatic rings. The van der Waals surface area contributed by atoms with E-state index in [1.807, 2.05) is 0 Å². The number of carbonyl (C=O) groups excluding carboxylic acids is 2. The van der Waals surface area contributed by atoms with E-state index in [9.17, 15) is 9.59 Å². The zero-order valence-electron chi connectivity index (χ0n) is 12.3. The van der Waals surface area contributed by atoms with Crippen molar-refractivity contribution in [1.82, 2.24) is 10.6 Å². The molecule has 4 rings (SSSR count). The van der Waals surface area contributed by atoms with Crippen LogP contribution in [-0.4, -0.2) is 61.9 Å². The van der Waals surface area contributed by atoms with Gasteiger partial charge in [-0.25, -0.2) is 9.59 Å². The summed E-state index contributed by atoms with van der Waals surface area (Å²) in [5.74, 6) is -1.97. The van der Waals surface area contributed by atoms with Crippen molar-refractivity contribution in [1.29, 1.82) is 0 Å². The van der Waals surface area contributed by atoms with E-state index < -0.39 is 23.4 Å². The van der Waals surface area contributed by atoms with Gasteiger partial charge in [0, 0.05) is 24.9 Å². The molecule has 0 aliphatic carbocycles. The molecule has 8 nitrogen and oxygen atoms in total. The molecule has 0 amide bonds. The zero-order valence-corrected chi connectivity index (χ0v) is 12.3. The molecule has 4 fully saturated rings. The number of hydrogen-bond donors (Lipinski definition) is 2. The van der Waals surface area contributed by atoms with Crippen molar-refractivity contribution in [2.24, 2.45) is 0 Å². The SMILES string of the molecule is O=C(OC12CCC(COC1)N2)C(=O)OC12CCC(COC1)N2. The molecule has 0 radical (unpaired) electrons. The van der Waals surface area contributed by atoms with E-state index in [4.69, 9.17) is 18.9 Å². The molecule has 22 heavy (non-hydrogen) atoms. The van der Waals surface area contributed by atoms with Crippen molar-refractivity contribution >= 4 is 11.9 Å². The van der Waals surface area contributed by atoms with Crippen molar-refractivity contribution < 1.29 is 28.5 Å². The van der Waals surface area contributed by atoms with E-state index in [1.54, 1.807) is 0 Å². The molecular weight excluding hydrogens is 292 g/mol. The summed E-state index contributed by atoms with van der Waals surface area (Å²) in [4.78, 5) is 24.2. The summed E-state index contributed by atoms with van der Waals surface area (Å²) >= 11 is 0. The standard InChI is InChI=1S/C14H20N2O6/c17-11(21-13-3-1-9(15-13)5-19-7-13)12(18)22-14-4-2-10(16-14)6-20-8-14/h9-10,15-16H,1-8H2. The molecular formula is C14H20N2O6. The number of rotatable bonds is 2. The Morgan fingerprint density at radius 3 is 1.77 bits per heavy atom. The summed E-state index contributed by atoms with van der Waals surface area (Å²) < 4.78 is 21.5. The average Bonchev–Trinajstić information content (AvgIpc) is 2.95. The van der Waals surface area contributed by atoms with Crippen molar-refractivity contribution in [2.45, 2.75) is 49.2 Å². The van der Waals surface area contributed by atoms with Crippen LogP contribution >= 0.6 is 0 Å². The maximum atomic E-state index is 12.1. The molecule has 0 spiro atoms. The molecule has 4 saturated heterocycles. The smallest absolute Gasteiger partial charge is 0.419 e. The van der Waals surface area contributed by atoms with Gasteiger partial charge in [0.2, 0.25) is 0 Å². The highest BCUT2D eigenvalue weighted by Gasteiger charge is 2.49. The molecule has 4 heterocycles. The molecule has 0 aromatic heterocycles. The van der Waals surface area contributed by atoms with Crippen LogP contribution in [0.2, 0.25) is 0 Å². The van der Waals surface area contributed by atoms with Gasteiger partial charge in [-0.3, -0.25) is 10.6 Å². The lowest BCUT2D eigenvalue weighted by molar-refractivity contribution is -0.200. The molecule has 4 unspecified atom stereocenters. The summed E-state index contributed by atoms with van der Waals surface area (Å²) in [7, 11) is 0. The molecule has 2 N–H and O–H groups in total. The Morgan fingerprint density at radius 2 is 1.32 bits per heavy atom. The number of ether oxygens (including phenoxy) is 4. The molecule has 4 bridgehead atoms. The highest BCUT2D eigenvalue weighted by atomic mass is 16.6. The fraction of sp³-hybridized carbons (Fsp3) is 0.857. The minimum absolute atomic E-state index is 0.181. The maximum absolute atomic E-state index is 12.1. The van der Waals surface area contributed by atoms with Gasteiger partial charge in [0.15, 0.2) is 11.4 Å². The average molecular weight is 312 g/mol. The Morgan fingerprint density at radius 1 is 0.864 bits per heavy atom. The van der Waals surface area contributed by atoms with Gasteiger partial charge in [0.1, 0.15) is 13.2 Å². The quantitative estimate of drug-likeness (QED) is 0.497. The second kappa shape index (κ2) is 5.16. The van der Waals surface area contributed by atoms with Crippen LogP contribution in [0.3, 0.4) is 0 Å². The van der Waals surface area contributed by atoms with Gasteiger partial charge in [-0.2, -0.15) is 0 Å². The van der Waals surface area contributed by atoms with Gasteiger partial charge in [0.05, 0.1) is 13.2 Å². The fourth-order valence-electron chi connectivity index (χ4n) is 3.72. The first-order valence-electron chi connectivity index (χ1n) is 7.75. The Bertz CT molecular complexity index is 448. The van der Waals surface area contributed by atoms with E-state index in [0.29, 0.717) is 26.1 Å². The topological polar surface area (TPSA) is 95.1 Å². The Labute approximate surface area is 127 Å². The second-order valence-corrected chi connectivity index (χ2v) is 6.56. The van der Waals surface area contributed by atoms with Gasteiger partial charge in [0.25, 0.3) is 0 Å². The highest BCUT2D eigenvalue weighted by molar-refractivity contribution is 6.29. The number of esters is 2. The third-order valence-electron chi connectivity index (χ3n) is 4.78. The van der Waals surface area contributed by atoms with E-state index >= 15 is 0 Å². The van der Waals surface area contributed by atoms with Crippen molar-refractivity contribution in [2.75, 3.05) is 26.4 Å². The second-order valence-electron chi connectivity index (χ2n) is 6.56. The number of morpholine rings is 2. The first-order chi connectivity index (χ1) is 10.6. The lowest BCUT2D eigenvalue weighted by atomic mass is 10.2. The predicted octanol–water partition coefficient (Wildman–Crippen LogP) is -0.970. The number of fused-ring (bicyclic) bond motifs is 4. The molecule has 8 heteroatoms. The van der Waals surface area contributed by atoms with Crippen LogP contribution in [-0.2, 0) is 28.5 Å². The zero-order chi connectivity index (χ0) is 15.2. The summed E-state index contributed by atoms with van der Waals surface area (Å²) in [6, 6.07) is 0.361. The van der Waals surface area contributed by atoms with Crippen LogP contribution in [0.1, 0.15) is 25.7 Å². The van der Waals surface area contributed by atoms with E-state index in [2.05, 4.69) is 10.6 Å².